The number of phenolic OH excluding ortho intramolecular Hbond substituents is 2. The molecular formula is C12H25BNO5+. The summed E-state index contributed by atoms with van der Waals surface area (Å²) in [5, 5.41) is 25.6. The van der Waals surface area contributed by atoms with E-state index in [0.717, 1.165) is 4.48 Å². The number of benzene rings is 1. The molecule has 0 aliphatic rings. The molecule has 0 atom stereocenters. The summed E-state index contributed by atoms with van der Waals surface area (Å²) in [7, 11) is 10.1. The van der Waals surface area contributed by atoms with Crippen molar-refractivity contribution in [1.29, 1.82) is 0 Å². The summed E-state index contributed by atoms with van der Waals surface area (Å²) in [6, 6.07) is 6.15. The molecule has 0 unspecified atom stereocenters. The van der Waals surface area contributed by atoms with Gasteiger partial charge in [-0.05, 0) is 12.1 Å². The second-order valence-corrected chi connectivity index (χ2v) is 4.95. The average Bonchev–Trinajstić information content (AvgIpc) is 2.30. The SMILES string of the molecule is COB(O)OC.C[N+](C)(C)C.Oc1ccccc1O. The predicted molar refractivity (Wildman–Crippen MR) is 75.7 cm³/mol. The zero-order valence-electron chi connectivity index (χ0n) is 12.5. The summed E-state index contributed by atoms with van der Waals surface area (Å²) in [5.41, 5.74) is 0. The first kappa shape index (κ1) is 20.1. The normalized spacial score (nSPS) is 9.63. The minimum atomic E-state index is -1.06. The Hall–Kier alpha value is -1.28. The van der Waals surface area contributed by atoms with Crippen LogP contribution >= 0.6 is 0 Å². The third kappa shape index (κ3) is 19.3. The maximum absolute atomic E-state index is 8.67. The first-order valence-electron chi connectivity index (χ1n) is 5.61. The summed E-state index contributed by atoms with van der Waals surface area (Å²) in [4.78, 5) is 0. The molecule has 0 aromatic heterocycles. The molecule has 1 aromatic rings. The van der Waals surface area contributed by atoms with Gasteiger partial charge >= 0.3 is 7.32 Å². The first-order chi connectivity index (χ1) is 8.61. The van der Waals surface area contributed by atoms with E-state index >= 15 is 0 Å². The zero-order valence-corrected chi connectivity index (χ0v) is 12.5. The van der Waals surface area contributed by atoms with Gasteiger partial charge in [0.05, 0.1) is 28.2 Å². The lowest BCUT2D eigenvalue weighted by Crippen LogP contribution is -2.27. The number of para-hydroxylation sites is 2. The molecule has 110 valence electrons. The Morgan fingerprint density at radius 1 is 0.895 bits per heavy atom. The zero-order chi connectivity index (χ0) is 15.5. The molecule has 0 amide bonds. The monoisotopic (exact) mass is 274 g/mol. The van der Waals surface area contributed by atoms with Gasteiger partial charge in [-0.3, -0.25) is 0 Å². The van der Waals surface area contributed by atoms with E-state index in [4.69, 9.17) is 15.2 Å². The molecule has 0 spiro atoms. The minimum Gasteiger partial charge on any atom is -0.504 e. The van der Waals surface area contributed by atoms with Gasteiger partial charge in [-0.25, -0.2) is 0 Å². The molecule has 0 radical (unpaired) electrons. The highest BCUT2D eigenvalue weighted by Crippen LogP contribution is 2.21. The fourth-order valence-corrected chi connectivity index (χ4v) is 0.560. The van der Waals surface area contributed by atoms with Gasteiger partial charge in [0.25, 0.3) is 0 Å². The summed E-state index contributed by atoms with van der Waals surface area (Å²) in [6.07, 6.45) is 0. The largest absolute Gasteiger partial charge is 0.636 e. The van der Waals surface area contributed by atoms with E-state index in [-0.39, 0.29) is 11.5 Å². The first-order valence-corrected chi connectivity index (χ1v) is 5.61. The van der Waals surface area contributed by atoms with Gasteiger partial charge in [0.1, 0.15) is 0 Å². The van der Waals surface area contributed by atoms with Crippen molar-refractivity contribution in [2.75, 3.05) is 42.4 Å². The molecule has 6 nitrogen and oxygen atoms in total. The van der Waals surface area contributed by atoms with Crippen molar-refractivity contribution in [3.63, 3.8) is 0 Å². The Morgan fingerprint density at radius 3 is 1.26 bits per heavy atom. The lowest BCUT2D eigenvalue weighted by molar-refractivity contribution is -0.849. The van der Waals surface area contributed by atoms with Crippen LogP contribution in [0.5, 0.6) is 11.5 Å². The van der Waals surface area contributed by atoms with E-state index in [1.165, 1.54) is 26.4 Å². The van der Waals surface area contributed by atoms with Crippen molar-refractivity contribution in [1.82, 2.24) is 0 Å². The second kappa shape index (κ2) is 10.6. The Bertz CT molecular complexity index is 299. The quantitative estimate of drug-likeness (QED) is 0.420. The van der Waals surface area contributed by atoms with Gasteiger partial charge in [0.2, 0.25) is 0 Å². The Labute approximate surface area is 115 Å². The molecule has 0 saturated carbocycles. The molecular weight excluding hydrogens is 249 g/mol. The van der Waals surface area contributed by atoms with E-state index < -0.39 is 7.32 Å². The highest BCUT2D eigenvalue weighted by Gasteiger charge is 2.06. The van der Waals surface area contributed by atoms with Crippen LogP contribution in [-0.2, 0) is 9.31 Å². The molecule has 0 saturated heterocycles. The van der Waals surface area contributed by atoms with Crippen LogP contribution in [0.15, 0.2) is 24.3 Å². The van der Waals surface area contributed by atoms with Gasteiger partial charge in [-0.2, -0.15) is 0 Å². The van der Waals surface area contributed by atoms with Crippen LogP contribution in [-0.4, -0.2) is 69.5 Å². The summed E-state index contributed by atoms with van der Waals surface area (Å²) in [5.74, 6) is -0.153. The standard InChI is InChI=1S/C6H6O2.C4H12N.C2H7BO3/c7-5-3-1-2-4-6(5)8;1-5(2,3)4;1-5-3(4)6-2/h1-4,7-8H;1-4H3;4H,1-2H3/q;+1;. The summed E-state index contributed by atoms with van der Waals surface area (Å²) in [6.45, 7) is 0. The Kier molecular flexibility index (Phi) is 11.2. The molecule has 0 aliphatic heterocycles. The van der Waals surface area contributed by atoms with Gasteiger partial charge in [0.15, 0.2) is 11.5 Å². The number of quaternary nitrogens is 1. The van der Waals surface area contributed by atoms with E-state index in [2.05, 4.69) is 37.5 Å². The molecule has 7 heteroatoms. The minimum absolute atomic E-state index is 0.0764. The molecule has 0 heterocycles. The van der Waals surface area contributed by atoms with Crippen molar-refractivity contribution in [3.8, 4) is 11.5 Å². The third-order valence-corrected chi connectivity index (χ3v) is 1.29. The van der Waals surface area contributed by atoms with E-state index in [9.17, 15) is 0 Å². The molecule has 1 aromatic carbocycles. The fraction of sp³-hybridized carbons (Fsp3) is 0.500. The van der Waals surface area contributed by atoms with E-state index in [0.29, 0.717) is 0 Å². The van der Waals surface area contributed by atoms with Crippen LogP contribution in [0, 0.1) is 0 Å². The number of aromatic hydroxyl groups is 2. The second-order valence-electron chi connectivity index (χ2n) is 4.95. The number of phenols is 2. The number of hydrogen-bond donors (Lipinski definition) is 3. The van der Waals surface area contributed by atoms with Crippen LogP contribution < -0.4 is 0 Å². The number of nitrogens with zero attached hydrogens (tertiary/aromatic N) is 1. The maximum atomic E-state index is 8.67. The third-order valence-electron chi connectivity index (χ3n) is 1.29. The topological polar surface area (TPSA) is 79.2 Å². The number of hydrogen-bond acceptors (Lipinski definition) is 5. The van der Waals surface area contributed by atoms with Crippen LogP contribution in [0.2, 0.25) is 0 Å². The van der Waals surface area contributed by atoms with Gasteiger partial charge in [0, 0.05) is 14.2 Å². The van der Waals surface area contributed by atoms with E-state index in [1.54, 1.807) is 12.1 Å². The van der Waals surface area contributed by atoms with Crippen molar-refractivity contribution in [2.24, 2.45) is 0 Å². The van der Waals surface area contributed by atoms with Crippen molar-refractivity contribution >= 4 is 7.32 Å². The maximum Gasteiger partial charge on any atom is 0.636 e. The molecule has 1 rings (SSSR count). The lowest BCUT2D eigenvalue weighted by Gasteiger charge is -2.14. The van der Waals surface area contributed by atoms with Crippen LogP contribution in [0.3, 0.4) is 0 Å². The number of rotatable bonds is 2. The highest BCUT2D eigenvalue weighted by atomic mass is 16.7. The molecule has 0 bridgehead atoms. The van der Waals surface area contributed by atoms with Crippen LogP contribution in [0.25, 0.3) is 0 Å². The Balaban J connectivity index is 0. The van der Waals surface area contributed by atoms with Crippen molar-refractivity contribution in [2.45, 2.75) is 0 Å². The Morgan fingerprint density at radius 2 is 1.16 bits per heavy atom. The molecule has 0 aliphatic carbocycles. The summed E-state index contributed by atoms with van der Waals surface area (Å²) >= 11 is 0. The van der Waals surface area contributed by atoms with E-state index in [1.807, 2.05) is 0 Å². The summed E-state index contributed by atoms with van der Waals surface area (Å²) < 4.78 is 9.47. The van der Waals surface area contributed by atoms with Gasteiger partial charge in [-0.15, -0.1) is 0 Å². The van der Waals surface area contributed by atoms with Crippen LogP contribution in [0.1, 0.15) is 0 Å². The average molecular weight is 274 g/mol. The molecule has 3 N–H and O–H groups in total. The van der Waals surface area contributed by atoms with Crippen LogP contribution in [0.4, 0.5) is 0 Å². The predicted octanol–water partition coefficient (Wildman–Crippen LogP) is 0.677. The smallest absolute Gasteiger partial charge is 0.504 e. The fourth-order valence-electron chi connectivity index (χ4n) is 0.560. The highest BCUT2D eigenvalue weighted by molar-refractivity contribution is 6.34. The molecule has 0 fully saturated rings. The van der Waals surface area contributed by atoms with Gasteiger partial charge < -0.3 is 29.0 Å². The lowest BCUT2D eigenvalue weighted by atomic mass is 10.3. The van der Waals surface area contributed by atoms with Gasteiger partial charge in [-0.1, -0.05) is 12.1 Å². The van der Waals surface area contributed by atoms with Crippen molar-refractivity contribution in [3.05, 3.63) is 24.3 Å². The van der Waals surface area contributed by atoms with Crippen molar-refractivity contribution < 1.29 is 29.0 Å². The molecule has 19 heavy (non-hydrogen) atoms.